The van der Waals surface area contributed by atoms with E-state index in [4.69, 9.17) is 4.74 Å². The average Bonchev–Trinajstić information content (AvgIpc) is 2.97. The third-order valence-corrected chi connectivity index (χ3v) is 7.99. The Kier molecular flexibility index (Phi) is 11.0. The van der Waals surface area contributed by atoms with Crippen LogP contribution in [0.1, 0.15) is 88.7 Å². The lowest BCUT2D eigenvalue weighted by molar-refractivity contribution is 0.0317. The van der Waals surface area contributed by atoms with Gasteiger partial charge in [0.05, 0.1) is 12.7 Å². The highest BCUT2D eigenvalue weighted by molar-refractivity contribution is 5.71. The van der Waals surface area contributed by atoms with E-state index in [2.05, 4.69) is 6.92 Å². The van der Waals surface area contributed by atoms with Gasteiger partial charge in [-0.2, -0.15) is 0 Å². The Morgan fingerprint density at radius 2 is 1.30 bits per heavy atom. The van der Waals surface area contributed by atoms with Gasteiger partial charge >= 0.3 is 0 Å². The van der Waals surface area contributed by atoms with Crippen LogP contribution in [-0.4, -0.2) is 12.7 Å². The third-order valence-electron chi connectivity index (χ3n) is 7.99. The van der Waals surface area contributed by atoms with Gasteiger partial charge in [0.1, 0.15) is 0 Å². The summed E-state index contributed by atoms with van der Waals surface area (Å²) in [4.78, 5) is 0. The summed E-state index contributed by atoms with van der Waals surface area (Å²) in [6.45, 7) is 4.46. The summed E-state index contributed by atoms with van der Waals surface area (Å²) in [5, 5.41) is 0. The van der Waals surface area contributed by atoms with Gasteiger partial charge in [-0.1, -0.05) is 106 Å². The zero-order valence-corrected chi connectivity index (χ0v) is 23.6. The van der Waals surface area contributed by atoms with Crippen LogP contribution >= 0.6 is 0 Å². The molecule has 1 aliphatic heterocycles. The summed E-state index contributed by atoms with van der Waals surface area (Å²) in [6, 6.07) is 12.9. The van der Waals surface area contributed by atoms with Gasteiger partial charge < -0.3 is 4.74 Å². The van der Waals surface area contributed by atoms with Crippen LogP contribution in [0.3, 0.4) is 0 Å². The van der Waals surface area contributed by atoms with E-state index in [1.165, 1.54) is 25.7 Å². The third kappa shape index (κ3) is 7.23. The van der Waals surface area contributed by atoms with Gasteiger partial charge in [0, 0.05) is 17.0 Å². The van der Waals surface area contributed by atoms with Crippen LogP contribution in [0.5, 0.6) is 0 Å². The van der Waals surface area contributed by atoms with Crippen molar-refractivity contribution in [2.45, 2.75) is 90.1 Å². The topological polar surface area (TPSA) is 9.23 Å². The number of ether oxygens (including phenoxy) is 1. The summed E-state index contributed by atoms with van der Waals surface area (Å²) >= 11 is 0. The Morgan fingerprint density at radius 1 is 0.700 bits per heavy atom. The van der Waals surface area contributed by atoms with E-state index in [9.17, 15) is 8.78 Å². The van der Waals surface area contributed by atoms with E-state index < -0.39 is 23.3 Å². The maximum atomic E-state index is 15.2. The van der Waals surface area contributed by atoms with Crippen molar-refractivity contribution in [1.29, 1.82) is 0 Å². The lowest BCUT2D eigenvalue weighted by Crippen LogP contribution is -2.24. The van der Waals surface area contributed by atoms with E-state index >= 15 is 8.78 Å². The molecular weight excluding hydrogens is 512 g/mol. The van der Waals surface area contributed by atoms with Gasteiger partial charge in [0.15, 0.2) is 23.3 Å². The zero-order valence-electron chi connectivity index (χ0n) is 23.6. The molecule has 1 aliphatic rings. The van der Waals surface area contributed by atoms with Crippen LogP contribution in [0.15, 0.2) is 60.7 Å². The Bertz CT molecular complexity index is 1270. The number of allylic oxidation sites excluding steroid dienone is 1. The molecule has 1 fully saturated rings. The van der Waals surface area contributed by atoms with Crippen LogP contribution in [0.25, 0.3) is 22.3 Å². The molecule has 2 unspecified atom stereocenters. The van der Waals surface area contributed by atoms with Gasteiger partial charge in [-0.15, -0.1) is 0 Å². The highest BCUT2D eigenvalue weighted by Crippen LogP contribution is 2.35. The van der Waals surface area contributed by atoms with Crippen molar-refractivity contribution in [3.05, 3.63) is 95.1 Å². The molecule has 4 rings (SSSR count). The minimum atomic E-state index is -0.909. The molecule has 3 aromatic rings. The number of hydrogen-bond acceptors (Lipinski definition) is 1. The summed E-state index contributed by atoms with van der Waals surface area (Å²) in [6.07, 6.45) is 13.8. The van der Waals surface area contributed by atoms with Crippen LogP contribution in [-0.2, 0) is 11.2 Å². The van der Waals surface area contributed by atoms with Gasteiger partial charge in [-0.05, 0) is 54.9 Å². The molecule has 5 heteroatoms. The fourth-order valence-corrected chi connectivity index (χ4v) is 5.59. The maximum Gasteiger partial charge on any atom is 0.166 e. The largest absolute Gasteiger partial charge is 0.374 e. The van der Waals surface area contributed by atoms with Crippen LogP contribution in [0.4, 0.5) is 17.6 Å². The van der Waals surface area contributed by atoms with Gasteiger partial charge in [-0.3, -0.25) is 0 Å². The van der Waals surface area contributed by atoms with Crippen molar-refractivity contribution in [3.8, 4) is 22.3 Å². The molecule has 0 radical (unpaired) electrons. The molecule has 2 atom stereocenters. The Labute approximate surface area is 236 Å². The van der Waals surface area contributed by atoms with Gasteiger partial charge in [0.25, 0.3) is 0 Å². The molecule has 0 aromatic heterocycles. The number of benzene rings is 3. The second kappa shape index (κ2) is 14.6. The van der Waals surface area contributed by atoms with Gasteiger partial charge in [0.2, 0.25) is 0 Å². The standard InChI is InChI=1S/C35H40F4O/c1-3-5-6-7-8-9-10-12-26-18-20-29(33(37)32(26)36)24-13-15-25(16-14-24)30-21-22-31(35(39)34(30)38)27-17-19-28(11-4-2)40-23-27/h4,11,13-16,18,20-22,27-28H,3,5-10,12,17,19,23H2,1-2H3. The smallest absolute Gasteiger partial charge is 0.166 e. The first-order valence-corrected chi connectivity index (χ1v) is 14.7. The molecule has 0 saturated carbocycles. The molecule has 3 aromatic carbocycles. The molecule has 1 nitrogen and oxygen atoms in total. The molecule has 0 amide bonds. The van der Waals surface area contributed by atoms with Crippen molar-refractivity contribution >= 4 is 0 Å². The second-order valence-corrected chi connectivity index (χ2v) is 10.9. The Morgan fingerprint density at radius 3 is 1.90 bits per heavy atom. The lowest BCUT2D eigenvalue weighted by Gasteiger charge is -2.28. The number of aryl methyl sites for hydroxylation is 1. The molecule has 1 saturated heterocycles. The van der Waals surface area contributed by atoms with E-state index in [0.29, 0.717) is 35.3 Å². The second-order valence-electron chi connectivity index (χ2n) is 10.9. The normalized spacial score (nSPS) is 17.6. The van der Waals surface area contributed by atoms with E-state index in [1.807, 2.05) is 19.1 Å². The van der Waals surface area contributed by atoms with E-state index in [-0.39, 0.29) is 23.1 Å². The summed E-state index contributed by atoms with van der Waals surface area (Å²) < 4.78 is 65.9. The fraction of sp³-hybridized carbons (Fsp3) is 0.429. The predicted molar refractivity (Wildman–Crippen MR) is 155 cm³/mol. The molecule has 214 valence electrons. The van der Waals surface area contributed by atoms with E-state index in [0.717, 1.165) is 32.1 Å². The number of rotatable bonds is 12. The first-order valence-electron chi connectivity index (χ1n) is 14.7. The molecule has 0 N–H and O–H groups in total. The molecule has 1 heterocycles. The van der Waals surface area contributed by atoms with Crippen molar-refractivity contribution < 1.29 is 22.3 Å². The minimum Gasteiger partial charge on any atom is -0.374 e. The SMILES string of the molecule is CC=CC1CCC(c2ccc(-c3ccc(-c4ccc(CCCCCCCCC)c(F)c4F)cc3)c(F)c2F)CO1. The predicted octanol–water partition coefficient (Wildman–Crippen LogP) is 10.7. The lowest BCUT2D eigenvalue weighted by atomic mass is 9.89. The van der Waals surface area contributed by atoms with Crippen molar-refractivity contribution in [3.63, 3.8) is 0 Å². The van der Waals surface area contributed by atoms with Crippen molar-refractivity contribution in [2.75, 3.05) is 6.61 Å². The Balaban J connectivity index is 1.42. The number of hydrogen-bond donors (Lipinski definition) is 0. The Hall–Kier alpha value is -2.92. The van der Waals surface area contributed by atoms with Crippen LogP contribution < -0.4 is 0 Å². The van der Waals surface area contributed by atoms with Crippen LogP contribution in [0.2, 0.25) is 0 Å². The summed E-state index contributed by atoms with van der Waals surface area (Å²) in [5.74, 6) is -3.64. The molecule has 40 heavy (non-hydrogen) atoms. The van der Waals surface area contributed by atoms with Crippen molar-refractivity contribution in [1.82, 2.24) is 0 Å². The van der Waals surface area contributed by atoms with Gasteiger partial charge in [-0.25, -0.2) is 17.6 Å². The average molecular weight is 553 g/mol. The molecule has 0 aliphatic carbocycles. The molecule has 0 spiro atoms. The monoisotopic (exact) mass is 552 g/mol. The first-order chi connectivity index (χ1) is 19.4. The van der Waals surface area contributed by atoms with Crippen molar-refractivity contribution in [2.24, 2.45) is 0 Å². The molecule has 0 bridgehead atoms. The minimum absolute atomic E-state index is 0.0200. The quantitative estimate of drug-likeness (QED) is 0.123. The molecular formula is C35H40F4O. The summed E-state index contributed by atoms with van der Waals surface area (Å²) in [7, 11) is 0. The highest BCUT2D eigenvalue weighted by atomic mass is 19.2. The number of unbranched alkanes of at least 4 members (excludes halogenated alkanes) is 6. The first kappa shape index (κ1) is 30.0. The summed E-state index contributed by atoms with van der Waals surface area (Å²) in [5.41, 5.74) is 1.96. The number of halogens is 4. The maximum absolute atomic E-state index is 15.2. The van der Waals surface area contributed by atoms with Crippen LogP contribution in [0, 0.1) is 23.3 Å². The zero-order chi connectivity index (χ0) is 28.5. The van der Waals surface area contributed by atoms with E-state index in [1.54, 1.807) is 48.5 Å². The fourth-order valence-electron chi connectivity index (χ4n) is 5.59. The highest BCUT2D eigenvalue weighted by Gasteiger charge is 2.26.